The quantitative estimate of drug-likeness (QED) is 0.660. The molecule has 1 aliphatic heterocycles. The van der Waals surface area contributed by atoms with Crippen LogP contribution in [-0.4, -0.2) is 49.9 Å². The monoisotopic (exact) mass is 330 g/mol. The number of aromatic nitrogens is 3. The summed E-state index contributed by atoms with van der Waals surface area (Å²) >= 11 is 0. The van der Waals surface area contributed by atoms with Crippen LogP contribution >= 0.6 is 0 Å². The van der Waals surface area contributed by atoms with E-state index in [1.165, 1.54) is 16.8 Å². The lowest BCUT2D eigenvalue weighted by molar-refractivity contribution is -0.384. The van der Waals surface area contributed by atoms with Crippen LogP contribution in [0.3, 0.4) is 0 Å². The molecule has 0 aliphatic carbocycles. The highest BCUT2D eigenvalue weighted by Gasteiger charge is 2.31. The van der Waals surface area contributed by atoms with Gasteiger partial charge in [-0.3, -0.25) is 14.9 Å². The lowest BCUT2D eigenvalue weighted by Gasteiger charge is -2.22. The van der Waals surface area contributed by atoms with Crippen LogP contribution in [0.2, 0.25) is 0 Å². The van der Waals surface area contributed by atoms with Crippen LogP contribution in [0.15, 0.2) is 24.3 Å². The van der Waals surface area contributed by atoms with Gasteiger partial charge >= 0.3 is 0 Å². The SMILES string of the molecule is Cc1c(C(=O)N2CCCC2CN)nnn1-c1cccc([N+](=O)[O-])c1. The maximum absolute atomic E-state index is 12.7. The number of nitrogens with zero attached hydrogens (tertiary/aromatic N) is 5. The minimum Gasteiger partial charge on any atom is -0.333 e. The number of benzene rings is 1. The van der Waals surface area contributed by atoms with Gasteiger partial charge in [0.1, 0.15) is 0 Å². The number of likely N-dealkylation sites (tertiary alicyclic amines) is 1. The van der Waals surface area contributed by atoms with Gasteiger partial charge in [-0.2, -0.15) is 0 Å². The van der Waals surface area contributed by atoms with Crippen LogP contribution in [0.4, 0.5) is 5.69 Å². The Labute approximate surface area is 138 Å². The summed E-state index contributed by atoms with van der Waals surface area (Å²) < 4.78 is 1.44. The van der Waals surface area contributed by atoms with Crippen LogP contribution in [0.1, 0.15) is 29.0 Å². The normalized spacial score (nSPS) is 17.2. The smallest absolute Gasteiger partial charge is 0.276 e. The van der Waals surface area contributed by atoms with Crippen molar-refractivity contribution in [2.75, 3.05) is 13.1 Å². The Balaban J connectivity index is 1.93. The molecule has 0 bridgehead atoms. The maximum Gasteiger partial charge on any atom is 0.276 e. The Morgan fingerprint density at radius 2 is 2.29 bits per heavy atom. The summed E-state index contributed by atoms with van der Waals surface area (Å²) in [5.74, 6) is -0.197. The summed E-state index contributed by atoms with van der Waals surface area (Å²) in [4.78, 5) is 24.9. The Morgan fingerprint density at radius 3 is 3.00 bits per heavy atom. The highest BCUT2D eigenvalue weighted by molar-refractivity contribution is 5.93. The first kappa shape index (κ1) is 16.1. The third-order valence-corrected chi connectivity index (χ3v) is 4.29. The molecule has 9 heteroatoms. The van der Waals surface area contributed by atoms with Gasteiger partial charge in [0.05, 0.1) is 16.3 Å². The fraction of sp³-hybridized carbons (Fsp3) is 0.400. The fourth-order valence-electron chi connectivity index (χ4n) is 2.99. The van der Waals surface area contributed by atoms with Gasteiger partial charge < -0.3 is 10.6 Å². The number of nitrogens with two attached hydrogens (primary N) is 1. The molecule has 2 N–H and O–H groups in total. The van der Waals surface area contributed by atoms with Crippen molar-refractivity contribution in [1.29, 1.82) is 0 Å². The predicted octanol–water partition coefficient (Wildman–Crippen LogP) is 1.05. The number of non-ortho nitro benzene ring substituents is 1. The number of nitro benzene ring substituents is 1. The van der Waals surface area contributed by atoms with E-state index in [1.807, 2.05) is 0 Å². The Bertz CT molecular complexity index is 787. The molecule has 1 aliphatic rings. The molecule has 1 amide bonds. The number of rotatable bonds is 4. The molecule has 0 radical (unpaired) electrons. The summed E-state index contributed by atoms with van der Waals surface area (Å²) in [7, 11) is 0. The molecule has 24 heavy (non-hydrogen) atoms. The number of hydrogen-bond donors (Lipinski definition) is 1. The first-order valence-electron chi connectivity index (χ1n) is 7.71. The van der Waals surface area contributed by atoms with Gasteiger partial charge in [-0.05, 0) is 25.8 Å². The minimum atomic E-state index is -0.474. The summed E-state index contributed by atoms with van der Waals surface area (Å²) in [6, 6.07) is 6.08. The topological polar surface area (TPSA) is 120 Å². The van der Waals surface area contributed by atoms with Crippen molar-refractivity contribution in [2.45, 2.75) is 25.8 Å². The Hall–Kier alpha value is -2.81. The molecule has 1 aromatic carbocycles. The minimum absolute atomic E-state index is 0.0277. The van der Waals surface area contributed by atoms with E-state index in [4.69, 9.17) is 5.73 Å². The van der Waals surface area contributed by atoms with Gasteiger partial charge in [-0.15, -0.1) is 5.10 Å². The molecule has 9 nitrogen and oxygen atoms in total. The highest BCUT2D eigenvalue weighted by Crippen LogP contribution is 2.22. The van der Waals surface area contributed by atoms with Crippen molar-refractivity contribution in [3.8, 4) is 5.69 Å². The van der Waals surface area contributed by atoms with Crippen LogP contribution in [-0.2, 0) is 0 Å². The molecule has 1 aromatic heterocycles. The molecule has 3 rings (SSSR count). The average molecular weight is 330 g/mol. The first-order chi connectivity index (χ1) is 11.5. The number of hydrogen-bond acceptors (Lipinski definition) is 6. The van der Waals surface area contributed by atoms with Crippen molar-refractivity contribution in [3.63, 3.8) is 0 Å². The standard InChI is InChI=1S/C15H18N6O3/c1-10-14(15(22)19-7-3-6-13(19)9-16)17-18-20(10)11-4-2-5-12(8-11)21(23)24/h2,4-5,8,13H,3,6-7,9,16H2,1H3. The van der Waals surface area contributed by atoms with Crippen LogP contribution in [0, 0.1) is 17.0 Å². The predicted molar refractivity (Wildman–Crippen MR) is 85.9 cm³/mol. The van der Waals surface area contributed by atoms with Crippen molar-refractivity contribution in [2.24, 2.45) is 5.73 Å². The highest BCUT2D eigenvalue weighted by atomic mass is 16.6. The van der Waals surface area contributed by atoms with E-state index in [9.17, 15) is 14.9 Å². The third kappa shape index (κ3) is 2.73. The zero-order chi connectivity index (χ0) is 17.3. The molecule has 1 fully saturated rings. The number of amides is 1. The van der Waals surface area contributed by atoms with Gasteiger partial charge in [0, 0.05) is 31.3 Å². The van der Waals surface area contributed by atoms with E-state index in [0.29, 0.717) is 24.5 Å². The average Bonchev–Trinajstić information content (AvgIpc) is 3.20. The van der Waals surface area contributed by atoms with E-state index in [2.05, 4.69) is 10.3 Å². The third-order valence-electron chi connectivity index (χ3n) is 4.29. The van der Waals surface area contributed by atoms with Crippen molar-refractivity contribution in [1.82, 2.24) is 19.9 Å². The van der Waals surface area contributed by atoms with E-state index in [1.54, 1.807) is 24.0 Å². The zero-order valence-electron chi connectivity index (χ0n) is 13.3. The maximum atomic E-state index is 12.7. The van der Waals surface area contributed by atoms with Gasteiger partial charge in [-0.1, -0.05) is 11.3 Å². The van der Waals surface area contributed by atoms with Gasteiger partial charge in [-0.25, -0.2) is 4.68 Å². The number of carbonyl (C=O) groups excluding carboxylic acids is 1. The van der Waals surface area contributed by atoms with Gasteiger partial charge in [0.2, 0.25) is 0 Å². The van der Waals surface area contributed by atoms with Crippen LogP contribution in [0.25, 0.3) is 5.69 Å². The summed E-state index contributed by atoms with van der Waals surface area (Å²) in [6.45, 7) is 2.80. The van der Waals surface area contributed by atoms with Crippen LogP contribution < -0.4 is 5.73 Å². The second-order valence-electron chi connectivity index (χ2n) is 5.74. The molecule has 126 valence electrons. The molecule has 1 unspecified atom stereocenters. The first-order valence-corrected chi connectivity index (χ1v) is 7.71. The molecular formula is C15H18N6O3. The summed E-state index contributed by atoms with van der Waals surface area (Å²) in [5.41, 5.74) is 6.96. The van der Waals surface area contributed by atoms with Crippen molar-refractivity contribution < 1.29 is 9.72 Å². The molecule has 2 heterocycles. The van der Waals surface area contributed by atoms with E-state index in [0.717, 1.165) is 12.8 Å². The molecular weight excluding hydrogens is 312 g/mol. The lowest BCUT2D eigenvalue weighted by Crippen LogP contribution is -2.40. The number of carbonyl (C=O) groups is 1. The summed E-state index contributed by atoms with van der Waals surface area (Å²) in [6.07, 6.45) is 1.81. The van der Waals surface area contributed by atoms with Crippen LogP contribution in [0.5, 0.6) is 0 Å². The molecule has 1 atom stereocenters. The fourth-order valence-corrected chi connectivity index (χ4v) is 2.99. The van der Waals surface area contributed by atoms with Crippen molar-refractivity contribution >= 4 is 11.6 Å². The lowest BCUT2D eigenvalue weighted by atomic mass is 10.2. The van der Waals surface area contributed by atoms with Gasteiger partial charge in [0.25, 0.3) is 11.6 Å². The van der Waals surface area contributed by atoms with E-state index < -0.39 is 4.92 Å². The second-order valence-corrected chi connectivity index (χ2v) is 5.74. The molecule has 0 saturated carbocycles. The molecule has 1 saturated heterocycles. The molecule has 2 aromatic rings. The van der Waals surface area contributed by atoms with Crippen molar-refractivity contribution in [3.05, 3.63) is 45.8 Å². The summed E-state index contributed by atoms with van der Waals surface area (Å²) in [5, 5.41) is 18.9. The second kappa shape index (κ2) is 6.36. The van der Waals surface area contributed by atoms with E-state index >= 15 is 0 Å². The largest absolute Gasteiger partial charge is 0.333 e. The van der Waals surface area contributed by atoms with Gasteiger partial charge in [0.15, 0.2) is 5.69 Å². The Morgan fingerprint density at radius 1 is 1.50 bits per heavy atom. The molecule has 0 spiro atoms. The zero-order valence-corrected chi connectivity index (χ0v) is 13.3. The van der Waals surface area contributed by atoms with E-state index in [-0.39, 0.29) is 23.3 Å². The number of nitro groups is 1. The Kier molecular flexibility index (Phi) is 4.26.